The van der Waals surface area contributed by atoms with Crippen LogP contribution in [0.2, 0.25) is 0 Å². The van der Waals surface area contributed by atoms with Crippen LogP contribution in [-0.2, 0) is 28.8 Å². The molecule has 0 saturated heterocycles. The van der Waals surface area contributed by atoms with Crippen LogP contribution < -0.4 is 4.74 Å². The zero-order chi connectivity index (χ0) is 23.9. The van der Waals surface area contributed by atoms with Crippen molar-refractivity contribution in [3.8, 4) is 5.75 Å². The summed E-state index contributed by atoms with van der Waals surface area (Å²) in [6.07, 6.45) is 11.9. The number of allylic oxidation sites excluding steroid dienone is 3. The number of hydrogen-bond donors (Lipinski definition) is 0. The number of aryl methyl sites for hydroxylation is 2. The summed E-state index contributed by atoms with van der Waals surface area (Å²) < 4.78 is 10.9. The van der Waals surface area contributed by atoms with E-state index in [-0.39, 0.29) is 11.8 Å². The number of fused-ring (bicyclic) bond motifs is 1. The van der Waals surface area contributed by atoms with E-state index in [1.807, 2.05) is 12.1 Å². The SMILES string of the molecule is CCC1C(CCC(=O)Cc2ccc(C(=O)OC)cc2)=CC=C1COc1ccc2c(c1)CCCC2. The van der Waals surface area contributed by atoms with E-state index < -0.39 is 0 Å². The molecule has 0 N–H and O–H groups in total. The molecule has 4 rings (SSSR count). The molecule has 178 valence electrons. The van der Waals surface area contributed by atoms with Crippen molar-refractivity contribution in [2.45, 2.75) is 58.3 Å². The molecule has 0 heterocycles. The molecule has 1 atom stereocenters. The summed E-state index contributed by atoms with van der Waals surface area (Å²) in [7, 11) is 1.36. The third kappa shape index (κ3) is 5.85. The summed E-state index contributed by atoms with van der Waals surface area (Å²) >= 11 is 0. The zero-order valence-corrected chi connectivity index (χ0v) is 20.3. The minimum atomic E-state index is -0.365. The zero-order valence-electron chi connectivity index (χ0n) is 20.3. The van der Waals surface area contributed by atoms with Crippen LogP contribution in [0.4, 0.5) is 0 Å². The molecule has 2 aromatic carbocycles. The second kappa shape index (κ2) is 11.3. The molecule has 2 aliphatic carbocycles. The summed E-state index contributed by atoms with van der Waals surface area (Å²) in [6, 6.07) is 13.6. The molecule has 1 unspecified atom stereocenters. The molecule has 0 spiro atoms. The fourth-order valence-corrected chi connectivity index (χ4v) is 5.06. The lowest BCUT2D eigenvalue weighted by atomic mass is 9.89. The first kappa shape index (κ1) is 24.0. The van der Waals surface area contributed by atoms with Crippen molar-refractivity contribution in [3.05, 3.63) is 88.0 Å². The fourth-order valence-electron chi connectivity index (χ4n) is 5.06. The number of benzene rings is 2. The number of esters is 1. The molecule has 2 aromatic rings. The maximum Gasteiger partial charge on any atom is 0.337 e. The lowest BCUT2D eigenvalue weighted by Gasteiger charge is -2.20. The van der Waals surface area contributed by atoms with E-state index in [0.29, 0.717) is 30.9 Å². The van der Waals surface area contributed by atoms with Crippen LogP contribution in [-0.4, -0.2) is 25.5 Å². The van der Waals surface area contributed by atoms with E-state index in [9.17, 15) is 9.59 Å². The first-order valence-electron chi connectivity index (χ1n) is 12.4. The molecule has 34 heavy (non-hydrogen) atoms. The van der Waals surface area contributed by atoms with Crippen LogP contribution in [0.5, 0.6) is 5.75 Å². The maximum absolute atomic E-state index is 12.6. The fraction of sp³-hybridized carbons (Fsp3) is 0.400. The summed E-state index contributed by atoms with van der Waals surface area (Å²) in [6.45, 7) is 2.79. The van der Waals surface area contributed by atoms with Crippen LogP contribution in [0.25, 0.3) is 0 Å². The molecule has 2 aliphatic rings. The quantitative estimate of drug-likeness (QED) is 0.397. The Bertz CT molecular complexity index is 1090. The van der Waals surface area contributed by atoms with Gasteiger partial charge in [-0.05, 0) is 85.1 Å². The van der Waals surface area contributed by atoms with Gasteiger partial charge >= 0.3 is 5.97 Å². The molecule has 4 nitrogen and oxygen atoms in total. The topological polar surface area (TPSA) is 52.6 Å². The van der Waals surface area contributed by atoms with Crippen LogP contribution in [0.3, 0.4) is 0 Å². The Hall–Kier alpha value is -3.14. The predicted molar refractivity (Wildman–Crippen MR) is 134 cm³/mol. The molecule has 0 bridgehead atoms. The Labute approximate surface area is 202 Å². The van der Waals surface area contributed by atoms with Gasteiger partial charge in [-0.25, -0.2) is 4.79 Å². The van der Waals surface area contributed by atoms with Gasteiger partial charge in [0.25, 0.3) is 0 Å². The van der Waals surface area contributed by atoms with Crippen LogP contribution in [0.1, 0.15) is 66.1 Å². The Kier molecular flexibility index (Phi) is 7.99. The molecule has 0 amide bonds. The molecule has 0 aliphatic heterocycles. The van der Waals surface area contributed by atoms with Crippen LogP contribution in [0.15, 0.2) is 65.8 Å². The van der Waals surface area contributed by atoms with Gasteiger partial charge in [0.05, 0.1) is 12.7 Å². The van der Waals surface area contributed by atoms with Crippen LogP contribution in [0, 0.1) is 5.92 Å². The van der Waals surface area contributed by atoms with E-state index in [1.165, 1.54) is 48.6 Å². The minimum Gasteiger partial charge on any atom is -0.489 e. The average Bonchev–Trinajstić information content (AvgIpc) is 3.27. The molecule has 0 saturated carbocycles. The Morgan fingerprint density at radius 3 is 2.41 bits per heavy atom. The molecular formula is C30H34O4. The Morgan fingerprint density at radius 2 is 1.68 bits per heavy atom. The van der Waals surface area contributed by atoms with Gasteiger partial charge in [0.15, 0.2) is 0 Å². The number of Topliss-reactive ketones (excluding diaryl/α,β-unsaturated/α-hetero) is 1. The number of methoxy groups -OCH3 is 1. The van der Waals surface area contributed by atoms with Gasteiger partial charge < -0.3 is 9.47 Å². The maximum atomic E-state index is 12.6. The highest BCUT2D eigenvalue weighted by atomic mass is 16.5. The van der Waals surface area contributed by atoms with Crippen molar-refractivity contribution >= 4 is 11.8 Å². The normalized spacial score (nSPS) is 16.9. The third-order valence-electron chi connectivity index (χ3n) is 7.01. The average molecular weight is 459 g/mol. The number of ketones is 1. The highest BCUT2D eigenvalue weighted by Gasteiger charge is 2.22. The first-order valence-corrected chi connectivity index (χ1v) is 12.4. The Morgan fingerprint density at radius 1 is 0.941 bits per heavy atom. The van der Waals surface area contributed by atoms with Gasteiger partial charge in [-0.1, -0.05) is 42.8 Å². The smallest absolute Gasteiger partial charge is 0.337 e. The summed E-state index contributed by atoms with van der Waals surface area (Å²) in [5.41, 5.74) is 6.94. The monoisotopic (exact) mass is 458 g/mol. The van der Waals surface area contributed by atoms with Crippen molar-refractivity contribution in [2.75, 3.05) is 13.7 Å². The molecule has 0 radical (unpaired) electrons. The molecule has 0 fully saturated rings. The first-order chi connectivity index (χ1) is 16.6. The molecule has 0 aromatic heterocycles. The lowest BCUT2D eigenvalue weighted by molar-refractivity contribution is -0.118. The summed E-state index contributed by atoms with van der Waals surface area (Å²) in [5.74, 6) is 1.15. The number of carbonyl (C=O) groups excluding carboxylic acids is 2. The largest absolute Gasteiger partial charge is 0.489 e. The number of carbonyl (C=O) groups is 2. The summed E-state index contributed by atoms with van der Waals surface area (Å²) in [4.78, 5) is 24.1. The van der Waals surface area contributed by atoms with Gasteiger partial charge in [0.2, 0.25) is 0 Å². The van der Waals surface area contributed by atoms with E-state index in [2.05, 4.69) is 37.3 Å². The van der Waals surface area contributed by atoms with Gasteiger partial charge in [0, 0.05) is 18.8 Å². The van der Waals surface area contributed by atoms with Gasteiger partial charge in [-0.15, -0.1) is 0 Å². The van der Waals surface area contributed by atoms with Crippen molar-refractivity contribution < 1.29 is 19.1 Å². The third-order valence-corrected chi connectivity index (χ3v) is 7.01. The highest BCUT2D eigenvalue weighted by Crippen LogP contribution is 2.34. The van der Waals surface area contributed by atoms with Gasteiger partial charge in [-0.2, -0.15) is 0 Å². The van der Waals surface area contributed by atoms with Crippen molar-refractivity contribution in [2.24, 2.45) is 5.92 Å². The molecule has 4 heteroatoms. The molecular weight excluding hydrogens is 424 g/mol. The van der Waals surface area contributed by atoms with E-state index >= 15 is 0 Å². The Balaban J connectivity index is 1.25. The van der Waals surface area contributed by atoms with Crippen molar-refractivity contribution in [1.29, 1.82) is 0 Å². The van der Waals surface area contributed by atoms with E-state index in [0.717, 1.165) is 30.6 Å². The number of ether oxygens (including phenoxy) is 2. The van der Waals surface area contributed by atoms with Crippen molar-refractivity contribution in [3.63, 3.8) is 0 Å². The number of hydrogen-bond acceptors (Lipinski definition) is 4. The van der Waals surface area contributed by atoms with Gasteiger partial charge in [0.1, 0.15) is 18.1 Å². The van der Waals surface area contributed by atoms with Crippen molar-refractivity contribution in [1.82, 2.24) is 0 Å². The van der Waals surface area contributed by atoms with E-state index in [1.54, 1.807) is 12.1 Å². The lowest BCUT2D eigenvalue weighted by Crippen LogP contribution is -2.12. The van der Waals surface area contributed by atoms with E-state index in [4.69, 9.17) is 9.47 Å². The summed E-state index contributed by atoms with van der Waals surface area (Å²) in [5, 5.41) is 0. The minimum absolute atomic E-state index is 0.209. The second-order valence-corrected chi connectivity index (χ2v) is 9.27. The predicted octanol–water partition coefficient (Wildman–Crippen LogP) is 6.22. The van der Waals surface area contributed by atoms with Gasteiger partial charge in [-0.3, -0.25) is 4.79 Å². The standard InChI is InChI=1S/C30H34O4/c1-3-29-23(14-16-27(31)18-21-8-10-24(11-9-21)30(32)33-2)12-13-26(29)20-34-28-17-15-22-6-4-5-7-25(22)19-28/h8-13,15,17,19,29H,3-7,14,16,18,20H2,1-2H3. The second-order valence-electron chi connectivity index (χ2n) is 9.27. The van der Waals surface area contributed by atoms with Crippen LogP contribution >= 0.6 is 0 Å². The highest BCUT2D eigenvalue weighted by molar-refractivity contribution is 5.89. The number of rotatable bonds is 10.